The van der Waals surface area contributed by atoms with Gasteiger partial charge in [0.2, 0.25) is 0 Å². The van der Waals surface area contributed by atoms with Crippen molar-refractivity contribution in [2.24, 2.45) is 5.73 Å². The van der Waals surface area contributed by atoms with Crippen LogP contribution in [0, 0.1) is 17.5 Å². The summed E-state index contributed by atoms with van der Waals surface area (Å²) in [5.74, 6) is -3.24. The van der Waals surface area contributed by atoms with Gasteiger partial charge in [-0.3, -0.25) is 0 Å². The number of hydrogen-bond acceptors (Lipinski definition) is 2. The third-order valence-corrected chi connectivity index (χ3v) is 2.70. The second kappa shape index (κ2) is 3.83. The van der Waals surface area contributed by atoms with E-state index in [0.717, 1.165) is 6.07 Å². The highest BCUT2D eigenvalue weighted by Gasteiger charge is 2.28. The second-order valence-electron chi connectivity index (χ2n) is 3.72. The van der Waals surface area contributed by atoms with Crippen molar-refractivity contribution in [1.82, 2.24) is 5.32 Å². The summed E-state index contributed by atoms with van der Waals surface area (Å²) in [6.45, 7) is 1.05. The molecule has 0 saturated carbocycles. The van der Waals surface area contributed by atoms with Gasteiger partial charge in [0, 0.05) is 31.1 Å². The van der Waals surface area contributed by atoms with Crippen molar-refractivity contribution >= 4 is 0 Å². The summed E-state index contributed by atoms with van der Waals surface area (Å²) in [5, 5.41) is 2.97. The van der Waals surface area contributed by atoms with Gasteiger partial charge in [-0.2, -0.15) is 0 Å². The van der Waals surface area contributed by atoms with E-state index in [9.17, 15) is 13.2 Å². The Labute approximate surface area is 85.3 Å². The predicted molar refractivity (Wildman–Crippen MR) is 49.9 cm³/mol. The molecule has 1 aliphatic heterocycles. The molecule has 2 nitrogen and oxygen atoms in total. The highest BCUT2D eigenvalue weighted by atomic mass is 19.2. The van der Waals surface area contributed by atoms with Crippen molar-refractivity contribution in [1.29, 1.82) is 0 Å². The largest absolute Gasteiger partial charge is 0.326 e. The third-order valence-electron chi connectivity index (χ3n) is 2.70. The number of nitrogens with one attached hydrogen (secondary N) is 1. The Morgan fingerprint density at radius 2 is 1.73 bits per heavy atom. The topological polar surface area (TPSA) is 38.0 Å². The van der Waals surface area contributed by atoms with Crippen LogP contribution in [0.5, 0.6) is 0 Å². The summed E-state index contributed by atoms with van der Waals surface area (Å²) in [6, 6.07) is 1.20. The maximum absolute atomic E-state index is 13.4. The lowest BCUT2D eigenvalue weighted by atomic mass is 9.94. The van der Waals surface area contributed by atoms with E-state index in [0.29, 0.717) is 19.2 Å². The summed E-state index contributed by atoms with van der Waals surface area (Å²) >= 11 is 0. The van der Waals surface area contributed by atoms with Gasteiger partial charge in [-0.1, -0.05) is 0 Å². The van der Waals surface area contributed by atoms with Gasteiger partial charge in [0.1, 0.15) is 5.82 Å². The van der Waals surface area contributed by atoms with Crippen LogP contribution in [0.25, 0.3) is 0 Å². The minimum absolute atomic E-state index is 0.145. The third kappa shape index (κ3) is 1.85. The van der Waals surface area contributed by atoms with E-state index in [2.05, 4.69) is 5.32 Å². The second-order valence-corrected chi connectivity index (χ2v) is 3.72. The molecule has 1 fully saturated rings. The van der Waals surface area contributed by atoms with Crippen molar-refractivity contribution in [3.05, 3.63) is 35.1 Å². The Balaban J connectivity index is 2.39. The molecule has 1 saturated heterocycles. The molecule has 0 aliphatic carbocycles. The van der Waals surface area contributed by atoms with Crippen LogP contribution in [0.15, 0.2) is 12.1 Å². The highest BCUT2D eigenvalue weighted by Crippen LogP contribution is 2.26. The fourth-order valence-corrected chi connectivity index (χ4v) is 1.86. The van der Waals surface area contributed by atoms with Crippen molar-refractivity contribution in [2.75, 3.05) is 13.1 Å². The van der Waals surface area contributed by atoms with Gasteiger partial charge in [0.25, 0.3) is 0 Å². The molecule has 15 heavy (non-hydrogen) atoms. The number of benzene rings is 1. The van der Waals surface area contributed by atoms with Gasteiger partial charge < -0.3 is 11.1 Å². The van der Waals surface area contributed by atoms with E-state index >= 15 is 0 Å². The minimum atomic E-state index is -1.17. The molecule has 1 aromatic rings. The Hall–Kier alpha value is -1.07. The van der Waals surface area contributed by atoms with Crippen LogP contribution in [0.3, 0.4) is 0 Å². The van der Waals surface area contributed by atoms with Crippen LogP contribution in [0.1, 0.15) is 11.5 Å². The first-order valence-electron chi connectivity index (χ1n) is 4.70. The Morgan fingerprint density at radius 3 is 2.33 bits per heavy atom. The van der Waals surface area contributed by atoms with Crippen molar-refractivity contribution in [2.45, 2.75) is 12.0 Å². The van der Waals surface area contributed by atoms with E-state index in [-0.39, 0.29) is 17.5 Å². The first kappa shape index (κ1) is 10.4. The molecule has 2 rings (SSSR count). The van der Waals surface area contributed by atoms with E-state index in [1.807, 2.05) is 0 Å². The van der Waals surface area contributed by atoms with Crippen LogP contribution >= 0.6 is 0 Å². The molecule has 1 heterocycles. The molecule has 0 unspecified atom stereocenters. The van der Waals surface area contributed by atoms with E-state index in [1.165, 1.54) is 0 Å². The molecular formula is C10H11F3N2. The number of rotatable bonds is 1. The quantitative estimate of drug-likeness (QED) is 0.690. The zero-order valence-electron chi connectivity index (χ0n) is 7.93. The van der Waals surface area contributed by atoms with E-state index in [1.54, 1.807) is 0 Å². The van der Waals surface area contributed by atoms with Crippen LogP contribution in [0.2, 0.25) is 0 Å². The maximum atomic E-state index is 13.4. The molecule has 0 spiro atoms. The summed E-state index contributed by atoms with van der Waals surface area (Å²) in [7, 11) is 0. The monoisotopic (exact) mass is 216 g/mol. The highest BCUT2D eigenvalue weighted by molar-refractivity contribution is 5.27. The lowest BCUT2D eigenvalue weighted by Gasteiger charge is -2.15. The predicted octanol–water partition coefficient (Wildman–Crippen LogP) is 1.12. The molecule has 3 N–H and O–H groups in total. The Kier molecular flexibility index (Phi) is 2.67. The summed E-state index contributed by atoms with van der Waals surface area (Å²) in [4.78, 5) is 0. The fourth-order valence-electron chi connectivity index (χ4n) is 1.86. The lowest BCUT2D eigenvalue weighted by Crippen LogP contribution is -2.28. The molecule has 0 amide bonds. The molecule has 2 atom stereocenters. The number of halogens is 3. The molecule has 0 bridgehead atoms. The molecule has 0 radical (unpaired) electrons. The lowest BCUT2D eigenvalue weighted by molar-refractivity contribution is 0.482. The van der Waals surface area contributed by atoms with Crippen LogP contribution in [-0.4, -0.2) is 19.1 Å². The van der Waals surface area contributed by atoms with Gasteiger partial charge in [-0.25, -0.2) is 13.2 Å². The van der Waals surface area contributed by atoms with Crippen molar-refractivity contribution < 1.29 is 13.2 Å². The van der Waals surface area contributed by atoms with Crippen molar-refractivity contribution in [3.63, 3.8) is 0 Å². The summed E-state index contributed by atoms with van der Waals surface area (Å²) < 4.78 is 39.0. The number of hydrogen-bond donors (Lipinski definition) is 2. The Morgan fingerprint density at radius 1 is 1.07 bits per heavy atom. The zero-order chi connectivity index (χ0) is 11.0. The summed E-state index contributed by atoms with van der Waals surface area (Å²) in [5.41, 5.74) is 5.87. The summed E-state index contributed by atoms with van der Waals surface area (Å²) in [6.07, 6.45) is 0. The fraction of sp³-hybridized carbons (Fsp3) is 0.400. The van der Waals surface area contributed by atoms with Gasteiger partial charge in [-0.05, 0) is 11.6 Å². The van der Waals surface area contributed by atoms with Gasteiger partial charge in [-0.15, -0.1) is 0 Å². The van der Waals surface area contributed by atoms with Gasteiger partial charge >= 0.3 is 0 Å². The maximum Gasteiger partial charge on any atom is 0.161 e. The first-order valence-corrected chi connectivity index (χ1v) is 4.70. The van der Waals surface area contributed by atoms with Crippen LogP contribution < -0.4 is 11.1 Å². The average Bonchev–Trinajstić information content (AvgIpc) is 2.58. The first-order chi connectivity index (χ1) is 7.09. The van der Waals surface area contributed by atoms with E-state index < -0.39 is 17.5 Å². The van der Waals surface area contributed by atoms with Crippen LogP contribution in [-0.2, 0) is 0 Å². The zero-order valence-corrected chi connectivity index (χ0v) is 7.93. The van der Waals surface area contributed by atoms with Gasteiger partial charge in [0.15, 0.2) is 11.6 Å². The molecule has 5 heteroatoms. The Bertz CT molecular complexity index is 381. The molecule has 82 valence electrons. The van der Waals surface area contributed by atoms with Gasteiger partial charge in [0.05, 0.1) is 0 Å². The normalized spacial score (nSPS) is 25.9. The van der Waals surface area contributed by atoms with E-state index in [4.69, 9.17) is 5.73 Å². The molecule has 0 aromatic heterocycles. The SMILES string of the molecule is N[C@H]1CNC[C@@H]1c1cc(F)c(F)cc1F. The molecule has 1 aromatic carbocycles. The standard InChI is InChI=1S/C10H11F3N2/c11-7-2-9(13)8(12)1-5(7)6-3-15-4-10(6)14/h1-2,6,10,15H,3-4,14H2/t6-,10+/m1/s1. The number of nitrogens with two attached hydrogens (primary N) is 1. The smallest absolute Gasteiger partial charge is 0.161 e. The average molecular weight is 216 g/mol. The molecular weight excluding hydrogens is 205 g/mol. The van der Waals surface area contributed by atoms with Crippen molar-refractivity contribution in [3.8, 4) is 0 Å². The van der Waals surface area contributed by atoms with Crippen LogP contribution in [0.4, 0.5) is 13.2 Å². The molecule has 1 aliphatic rings. The minimum Gasteiger partial charge on any atom is -0.326 e.